The summed E-state index contributed by atoms with van der Waals surface area (Å²) in [7, 11) is 5.94. The first-order chi connectivity index (χ1) is 41.6. The van der Waals surface area contributed by atoms with Crippen molar-refractivity contribution in [3.8, 4) is 0 Å². The number of hydrogen-bond acceptors (Lipinski definition) is 8. The molecule has 0 aliphatic carbocycles. The van der Waals surface area contributed by atoms with Gasteiger partial charge in [0.2, 0.25) is 0 Å². The van der Waals surface area contributed by atoms with Gasteiger partial charge in [0.1, 0.15) is 13.2 Å². The Kier molecular flexibility index (Phi) is 64.1. The van der Waals surface area contributed by atoms with Gasteiger partial charge in [-0.15, -0.1) is 0 Å². The van der Waals surface area contributed by atoms with Gasteiger partial charge in [-0.1, -0.05) is 311 Å². The van der Waals surface area contributed by atoms with Crippen molar-refractivity contribution < 1.29 is 42.9 Å². The molecule has 494 valence electrons. The minimum atomic E-state index is -1.62. The summed E-state index contributed by atoms with van der Waals surface area (Å²) in [5, 5.41) is 11.8. The van der Waals surface area contributed by atoms with Crippen molar-refractivity contribution in [2.24, 2.45) is 0 Å². The molecule has 0 aliphatic heterocycles. The van der Waals surface area contributed by atoms with Crippen molar-refractivity contribution in [2.75, 3.05) is 47.5 Å². The monoisotopic (exact) mass is 1190 g/mol. The molecule has 0 amide bonds. The number of aliphatic carboxylic acids is 1. The zero-order chi connectivity index (χ0) is 61.9. The van der Waals surface area contributed by atoms with Gasteiger partial charge in [-0.25, -0.2) is 0 Å². The van der Waals surface area contributed by atoms with Crippen LogP contribution in [0.2, 0.25) is 0 Å². The average Bonchev–Trinajstić information content (AvgIpc) is 3.49. The maximum Gasteiger partial charge on any atom is 0.306 e. The normalized spacial score (nSPS) is 13.1. The molecule has 0 rings (SSSR count). The van der Waals surface area contributed by atoms with Gasteiger partial charge in [0.15, 0.2) is 12.4 Å². The summed E-state index contributed by atoms with van der Waals surface area (Å²) >= 11 is 0. The average molecular weight is 1190 g/mol. The molecule has 0 bridgehead atoms. The second-order valence-corrected chi connectivity index (χ2v) is 25.5. The molecule has 0 aromatic rings. The number of esters is 2. The lowest BCUT2D eigenvalue weighted by molar-refractivity contribution is -0.870. The topological polar surface area (TPSA) is 111 Å². The molecule has 9 heteroatoms. The summed E-state index contributed by atoms with van der Waals surface area (Å²) in [6.07, 6.45) is 85.6. The Bertz CT molecular complexity index is 1620. The molecule has 0 radical (unpaired) electrons. The first kappa shape index (κ1) is 81.7. The Labute approximate surface area is 526 Å². The number of quaternary nitrogens is 1. The fraction of sp³-hybridized carbons (Fsp3) is 0.803. The third-order valence-electron chi connectivity index (χ3n) is 15.9. The van der Waals surface area contributed by atoms with E-state index in [2.05, 4.69) is 86.8 Å². The van der Waals surface area contributed by atoms with Gasteiger partial charge in [0.05, 0.1) is 40.3 Å². The first-order valence-electron chi connectivity index (χ1n) is 36.1. The zero-order valence-corrected chi connectivity index (χ0v) is 56.5. The molecule has 0 aromatic carbocycles. The van der Waals surface area contributed by atoms with Crippen molar-refractivity contribution in [3.63, 3.8) is 0 Å². The largest absolute Gasteiger partial charge is 0.545 e. The van der Waals surface area contributed by atoms with E-state index in [1.54, 1.807) is 0 Å². The molecule has 9 nitrogen and oxygen atoms in total. The van der Waals surface area contributed by atoms with E-state index in [9.17, 15) is 19.5 Å². The van der Waals surface area contributed by atoms with E-state index in [4.69, 9.17) is 18.9 Å². The number of hydrogen-bond donors (Lipinski definition) is 0. The van der Waals surface area contributed by atoms with E-state index in [0.29, 0.717) is 23.9 Å². The van der Waals surface area contributed by atoms with Crippen LogP contribution in [0.1, 0.15) is 335 Å². The molecule has 0 aromatic heterocycles. The molecule has 0 heterocycles. The fourth-order valence-electron chi connectivity index (χ4n) is 10.4. The molecule has 2 atom stereocenters. The van der Waals surface area contributed by atoms with Crippen LogP contribution in [0.5, 0.6) is 0 Å². The van der Waals surface area contributed by atoms with Crippen molar-refractivity contribution >= 4 is 17.9 Å². The molecule has 0 fully saturated rings. The third kappa shape index (κ3) is 68.1. The Balaban J connectivity index is 4.06. The van der Waals surface area contributed by atoms with E-state index < -0.39 is 24.3 Å². The van der Waals surface area contributed by atoms with Crippen LogP contribution in [0.25, 0.3) is 0 Å². The van der Waals surface area contributed by atoms with Crippen LogP contribution >= 0.6 is 0 Å². The standard InChI is InChI=1S/C76H137NO8/c1-6-8-10-12-14-16-18-20-22-24-26-28-30-32-34-35-36-37-38-39-41-43-45-47-49-51-53-55-57-59-61-63-65-67-74(79)85-72(71-84-76(75(80)81)82-69-68-77(3,4)5)70-83-73(78)66-64-62-60-58-56-54-52-50-48-46-44-42-40-33-31-29-27-25-23-21-19-17-15-13-11-9-7-2/h8,10,14,16,19-22,25-28,72,76H,6-7,9,11-13,15,17-18,23-24,29-71H2,1-5H3/b10-8-,16-14-,21-19-,22-20-,27-25-,28-26-. The van der Waals surface area contributed by atoms with Crippen LogP contribution < -0.4 is 5.11 Å². The van der Waals surface area contributed by atoms with Crippen LogP contribution in [0.3, 0.4) is 0 Å². The van der Waals surface area contributed by atoms with Gasteiger partial charge in [-0.2, -0.15) is 0 Å². The minimum absolute atomic E-state index is 0.148. The number of ether oxygens (including phenoxy) is 4. The number of nitrogens with zero attached hydrogens (tertiary/aromatic N) is 1. The van der Waals surface area contributed by atoms with E-state index in [-0.39, 0.29) is 32.2 Å². The summed E-state index contributed by atoms with van der Waals surface area (Å²) in [4.78, 5) is 37.5. The van der Waals surface area contributed by atoms with Crippen LogP contribution in [0, 0.1) is 0 Å². The van der Waals surface area contributed by atoms with Crippen molar-refractivity contribution in [2.45, 2.75) is 347 Å². The van der Waals surface area contributed by atoms with Gasteiger partial charge in [-0.3, -0.25) is 9.59 Å². The Hall–Kier alpha value is -3.27. The second-order valence-electron chi connectivity index (χ2n) is 25.5. The lowest BCUT2D eigenvalue weighted by Gasteiger charge is -2.26. The number of carboxylic acid groups (broad SMARTS) is 1. The maximum atomic E-state index is 12.9. The quantitative estimate of drug-likeness (QED) is 0.0195. The van der Waals surface area contributed by atoms with Crippen LogP contribution in [0.15, 0.2) is 72.9 Å². The van der Waals surface area contributed by atoms with Crippen molar-refractivity contribution in [1.29, 1.82) is 0 Å². The molecule has 0 saturated heterocycles. The molecular weight excluding hydrogens is 1050 g/mol. The molecule has 85 heavy (non-hydrogen) atoms. The molecule has 0 spiro atoms. The first-order valence-corrected chi connectivity index (χ1v) is 36.1. The highest BCUT2D eigenvalue weighted by Gasteiger charge is 2.22. The van der Waals surface area contributed by atoms with E-state index in [1.165, 1.54) is 238 Å². The molecule has 0 saturated carbocycles. The van der Waals surface area contributed by atoms with Crippen LogP contribution in [0.4, 0.5) is 0 Å². The fourth-order valence-corrected chi connectivity index (χ4v) is 10.4. The summed E-state index contributed by atoms with van der Waals surface area (Å²) < 4.78 is 22.8. The highest BCUT2D eigenvalue weighted by Crippen LogP contribution is 2.18. The van der Waals surface area contributed by atoms with Gasteiger partial charge >= 0.3 is 11.9 Å². The van der Waals surface area contributed by atoms with Gasteiger partial charge in [0, 0.05) is 12.8 Å². The summed E-state index contributed by atoms with van der Waals surface area (Å²) in [6, 6.07) is 0. The number of allylic oxidation sites excluding steroid dienone is 12. The van der Waals surface area contributed by atoms with Crippen molar-refractivity contribution in [1.82, 2.24) is 0 Å². The lowest BCUT2D eigenvalue weighted by Crippen LogP contribution is -2.44. The number of rotatable bonds is 67. The lowest BCUT2D eigenvalue weighted by atomic mass is 10.0. The van der Waals surface area contributed by atoms with E-state index in [0.717, 1.165) is 64.2 Å². The second kappa shape index (κ2) is 66.7. The van der Waals surface area contributed by atoms with E-state index in [1.807, 2.05) is 21.1 Å². The third-order valence-corrected chi connectivity index (χ3v) is 15.9. The Morgan fingerprint density at radius 3 is 1.00 bits per heavy atom. The van der Waals surface area contributed by atoms with Crippen molar-refractivity contribution in [3.05, 3.63) is 72.9 Å². The van der Waals surface area contributed by atoms with Gasteiger partial charge < -0.3 is 33.3 Å². The van der Waals surface area contributed by atoms with E-state index >= 15 is 0 Å². The Morgan fingerprint density at radius 1 is 0.365 bits per heavy atom. The predicted octanol–water partition coefficient (Wildman–Crippen LogP) is 21.1. The molecular formula is C76H137NO8. The smallest absolute Gasteiger partial charge is 0.306 e. The molecule has 0 aliphatic rings. The highest BCUT2D eigenvalue weighted by molar-refractivity contribution is 5.70. The Morgan fingerprint density at radius 2 is 0.671 bits per heavy atom. The predicted molar refractivity (Wildman–Crippen MR) is 361 cm³/mol. The number of carbonyl (C=O) groups is 3. The summed E-state index contributed by atoms with van der Waals surface area (Å²) in [6.45, 7) is 4.68. The number of carboxylic acids is 1. The summed E-state index contributed by atoms with van der Waals surface area (Å²) in [5.41, 5.74) is 0. The van der Waals surface area contributed by atoms with Gasteiger partial charge in [0.25, 0.3) is 0 Å². The molecule has 2 unspecified atom stereocenters. The van der Waals surface area contributed by atoms with Crippen LogP contribution in [-0.2, 0) is 33.3 Å². The number of unbranched alkanes of at least 4 members (excludes halogenated alkanes) is 40. The maximum absolute atomic E-state index is 12.9. The zero-order valence-electron chi connectivity index (χ0n) is 56.5. The number of likely N-dealkylation sites (N-methyl/N-ethyl adjacent to an activating group) is 1. The SMILES string of the molecule is CC/C=C\C/C=C\C/C=C\C/C=C\CCCCCCCCCCCCCCCCCCCCCCC(=O)OC(COC(=O)CCCCCCCCCCCCCCCCC/C=C\C/C=C\CCCCCCC)COC(OCC[N+](C)(C)C)C(=O)[O-]. The number of carbonyl (C=O) groups excluding carboxylic acids is 3. The minimum Gasteiger partial charge on any atom is -0.545 e. The highest BCUT2D eigenvalue weighted by atomic mass is 16.7. The van der Waals surface area contributed by atoms with Gasteiger partial charge in [-0.05, 0) is 83.5 Å². The molecule has 0 N–H and O–H groups in total. The summed E-state index contributed by atoms with van der Waals surface area (Å²) in [5.74, 6) is -2.26. The van der Waals surface area contributed by atoms with Crippen LogP contribution in [-0.4, -0.2) is 82.3 Å².